The molecule has 41 heavy (non-hydrogen) atoms. The van der Waals surface area contributed by atoms with Crippen molar-refractivity contribution in [2.75, 3.05) is 6.61 Å². The minimum absolute atomic E-state index is 0. The van der Waals surface area contributed by atoms with Gasteiger partial charge in [-0.05, 0) is 52.8 Å². The Bertz CT molecular complexity index is 1360. The van der Waals surface area contributed by atoms with Crippen LogP contribution < -0.4 is 93.4 Å². The fraction of sp³-hybridized carbons (Fsp3) is 0.296. The van der Waals surface area contributed by atoms with Gasteiger partial charge in [-0.1, -0.05) is 72.2 Å². The van der Waals surface area contributed by atoms with Crippen molar-refractivity contribution in [1.29, 1.82) is 0 Å². The van der Waals surface area contributed by atoms with E-state index in [1.165, 1.54) is 12.1 Å². The van der Waals surface area contributed by atoms with Crippen molar-refractivity contribution in [2.45, 2.75) is 37.4 Å². The van der Waals surface area contributed by atoms with Crippen LogP contribution in [0.3, 0.4) is 0 Å². The average molecular weight is 701 g/mol. The summed E-state index contributed by atoms with van der Waals surface area (Å²) >= 11 is 4.55. The van der Waals surface area contributed by atoms with Gasteiger partial charge in [-0.2, -0.15) is 20.5 Å². The monoisotopic (exact) mass is 700 g/mol. The summed E-state index contributed by atoms with van der Waals surface area (Å²) in [6.45, 7) is 4.60. The second-order valence-electron chi connectivity index (χ2n) is 9.14. The van der Waals surface area contributed by atoms with E-state index in [4.69, 9.17) is 14.5 Å². The largest absolute Gasteiger partial charge is 1.00 e. The Morgan fingerprint density at radius 1 is 0.976 bits per heavy atom. The maximum Gasteiger partial charge on any atom is 1.00 e. The molecule has 0 aromatic heterocycles. The summed E-state index contributed by atoms with van der Waals surface area (Å²) in [7, 11) is -5.64. The Balaban J connectivity index is -0.00000133. The van der Waals surface area contributed by atoms with Crippen LogP contribution in [-0.4, -0.2) is 27.5 Å². The van der Waals surface area contributed by atoms with Gasteiger partial charge in [0.2, 0.25) is 0 Å². The molecule has 0 bridgehead atoms. The van der Waals surface area contributed by atoms with Crippen molar-refractivity contribution in [2.24, 2.45) is 5.92 Å². The molecule has 0 saturated carbocycles. The van der Waals surface area contributed by atoms with Gasteiger partial charge in [0, 0.05) is 21.5 Å². The van der Waals surface area contributed by atoms with Crippen LogP contribution in [0.25, 0.3) is 11.1 Å². The molecular formula is C27H31BrF2Na3O6PS. The normalized spacial score (nSPS) is 11.2. The maximum absolute atomic E-state index is 14.0. The zero-order valence-electron chi connectivity index (χ0n) is 26.7. The third-order valence-corrected chi connectivity index (χ3v) is 8.41. The van der Waals surface area contributed by atoms with Crippen LogP contribution in [0.5, 0.6) is 5.75 Å². The second kappa shape index (κ2) is 18.7. The van der Waals surface area contributed by atoms with Crippen LogP contribution in [0.4, 0.5) is 8.78 Å². The van der Waals surface area contributed by atoms with Crippen LogP contribution in [0.1, 0.15) is 51.6 Å². The van der Waals surface area contributed by atoms with Crippen LogP contribution in [0.15, 0.2) is 65.1 Å². The van der Waals surface area contributed by atoms with E-state index in [1.807, 2.05) is 30.3 Å². The summed E-state index contributed by atoms with van der Waals surface area (Å²) in [5.41, 5.74) is -1.55. The number of halogens is 3. The molecule has 0 amide bonds. The molecule has 0 saturated heterocycles. The van der Waals surface area contributed by atoms with Gasteiger partial charge in [0.25, 0.3) is 0 Å². The van der Waals surface area contributed by atoms with Crippen molar-refractivity contribution in [3.05, 3.63) is 87.4 Å². The Kier molecular flexibility index (Phi) is 19.0. The Morgan fingerprint density at radius 2 is 1.54 bits per heavy atom. The van der Waals surface area contributed by atoms with Crippen LogP contribution in [-0.2, 0) is 21.7 Å². The number of carbonyl (C=O) groups is 1. The van der Waals surface area contributed by atoms with E-state index in [2.05, 4.69) is 29.8 Å². The molecule has 0 aliphatic rings. The van der Waals surface area contributed by atoms with Crippen LogP contribution in [0.2, 0.25) is 0 Å². The minimum Gasteiger partial charge on any atom is -1.00 e. The first kappa shape index (κ1) is 41.8. The fourth-order valence-corrected chi connectivity index (χ4v) is 5.82. The van der Waals surface area contributed by atoms with Gasteiger partial charge in [-0.25, -0.2) is 4.79 Å². The van der Waals surface area contributed by atoms with Gasteiger partial charge in [0.05, 0.1) is 6.61 Å². The Morgan fingerprint density at radius 3 is 2.07 bits per heavy atom. The topological polar surface area (TPSA) is 104 Å². The van der Waals surface area contributed by atoms with Gasteiger partial charge >= 0.3 is 108 Å². The van der Waals surface area contributed by atoms with Gasteiger partial charge in [-0.3, -0.25) is 4.57 Å². The zero-order chi connectivity index (χ0) is 28.1. The molecule has 3 N–H and O–H groups in total. The number of thioether (sulfide) groups is 1. The molecule has 3 rings (SSSR count). The first-order valence-corrected chi connectivity index (χ1v) is 15.2. The number of hydrogen-bond donors (Lipinski definition) is 3. The number of rotatable bonds is 12. The van der Waals surface area contributed by atoms with E-state index in [0.29, 0.717) is 29.8 Å². The molecule has 0 radical (unpaired) electrons. The summed E-state index contributed by atoms with van der Waals surface area (Å²) in [5.74, 6) is 0.892. The van der Waals surface area contributed by atoms with Crippen molar-refractivity contribution < 1.29 is 131 Å². The molecule has 14 heteroatoms. The smallest absolute Gasteiger partial charge is 1.00 e. The molecule has 0 aliphatic heterocycles. The van der Waals surface area contributed by atoms with Crippen molar-refractivity contribution in [3.8, 4) is 16.9 Å². The van der Waals surface area contributed by atoms with Crippen molar-refractivity contribution in [1.82, 2.24) is 0 Å². The first-order valence-electron chi connectivity index (χ1n) is 11.7. The SMILES string of the molecule is CC(C)CCOc1ccc(-c2ccc(CSCc3ccc(C(F)(F)P(=O)(O)O)c(Br)c3)cc2)cc1C(=O)O.[H-].[H-].[H-].[Na+].[Na+].[Na+]. The quantitative estimate of drug-likeness (QED) is 0.169. The summed E-state index contributed by atoms with van der Waals surface area (Å²) in [5, 5.41) is 9.63. The van der Waals surface area contributed by atoms with Crippen molar-refractivity contribution in [3.63, 3.8) is 0 Å². The Hall–Kier alpha value is 0.770. The van der Waals surface area contributed by atoms with E-state index in [0.717, 1.165) is 34.7 Å². The molecule has 3 aromatic carbocycles. The fourth-order valence-electron chi connectivity index (χ4n) is 3.54. The van der Waals surface area contributed by atoms with E-state index in [-0.39, 0.29) is 103 Å². The van der Waals surface area contributed by atoms with Crippen LogP contribution >= 0.6 is 35.3 Å². The summed E-state index contributed by atoms with van der Waals surface area (Å²) in [4.78, 5) is 29.7. The minimum atomic E-state index is -5.64. The number of carboxylic acid groups (broad SMARTS) is 1. The number of aromatic carboxylic acids is 1. The molecule has 0 spiro atoms. The number of hydrogen-bond acceptors (Lipinski definition) is 4. The van der Waals surface area contributed by atoms with Crippen molar-refractivity contribution >= 4 is 41.3 Å². The van der Waals surface area contributed by atoms with Gasteiger partial charge in [0.1, 0.15) is 11.3 Å². The predicted molar refractivity (Wildman–Crippen MR) is 152 cm³/mol. The zero-order valence-corrected chi connectivity index (χ0v) is 33.0. The van der Waals surface area contributed by atoms with Gasteiger partial charge in [-0.15, -0.1) is 0 Å². The molecule has 3 aromatic rings. The predicted octanol–water partition coefficient (Wildman–Crippen LogP) is -0.751. The average Bonchev–Trinajstić information content (AvgIpc) is 2.83. The number of ether oxygens (including phenoxy) is 1. The maximum atomic E-state index is 14.0. The summed E-state index contributed by atoms with van der Waals surface area (Å²) < 4.78 is 44.8. The summed E-state index contributed by atoms with van der Waals surface area (Å²) in [6.07, 6.45) is 0.829. The van der Waals surface area contributed by atoms with E-state index in [9.17, 15) is 23.2 Å². The Labute approximate surface area is 322 Å². The summed E-state index contributed by atoms with van der Waals surface area (Å²) in [6, 6.07) is 16.7. The third-order valence-electron chi connectivity index (χ3n) is 5.71. The molecule has 6 nitrogen and oxygen atoms in total. The van der Waals surface area contributed by atoms with E-state index in [1.54, 1.807) is 23.9 Å². The number of benzene rings is 3. The molecule has 0 unspecified atom stereocenters. The molecule has 210 valence electrons. The first-order chi connectivity index (χ1) is 17.8. The molecular weight excluding hydrogens is 670 g/mol. The molecule has 0 heterocycles. The third kappa shape index (κ3) is 11.9. The molecule has 0 fully saturated rings. The standard InChI is InChI=1S/C27H28BrF2O6PS.3Na.3H/c1-17(2)11-12-36-25-10-8-21(14-22(25)26(31)32)20-6-3-18(4-7-20)15-38-16-19-5-9-23(24(28)13-19)27(29,30)37(33,34)35;;;;;;/h3-10,13-14,17H,11-12,15-16H2,1-2H3,(H,31,32)(H2,33,34,35);;;;;;/q;3*+1;3*-1. The number of alkyl halides is 2. The number of carboxylic acids is 1. The van der Waals surface area contributed by atoms with E-state index >= 15 is 0 Å². The molecule has 0 atom stereocenters. The van der Waals surface area contributed by atoms with E-state index < -0.39 is 24.8 Å². The van der Waals surface area contributed by atoms with Gasteiger partial charge in [0.15, 0.2) is 0 Å². The molecule has 0 aliphatic carbocycles. The second-order valence-corrected chi connectivity index (χ2v) is 12.6. The van der Waals surface area contributed by atoms with Gasteiger partial charge < -0.3 is 23.9 Å². The van der Waals surface area contributed by atoms with Crippen LogP contribution in [0, 0.1) is 5.92 Å².